The number of fused-ring (bicyclic) bond motifs is 8. The third-order valence-electron chi connectivity index (χ3n) is 17.0. The summed E-state index contributed by atoms with van der Waals surface area (Å²) in [4.78, 5) is 7.49. The standard InChI is InChI=1S/C78H53BN4/c1-7-23-54(24-8-1)56-41-45-62(46-42-56)81-72-39-22-40-73-76(72)79(68-50-49-64(53-74(68)81)80(60-31-15-5-16-32-60)61-33-17-6-18-34-61)69-51-52-71-75(78(69)82(73)63-47-43-57(44-48-63)55-25-9-2-10-26-55)67-35-19-20-38-70(67)83(71)77-65(58-27-11-3-12-28-58)36-21-37-66(77)59-29-13-4-14-30-59/h1-53H. The van der Waals surface area contributed by atoms with Crippen molar-refractivity contribution >= 4 is 96.1 Å². The zero-order valence-corrected chi connectivity index (χ0v) is 45.5. The predicted molar refractivity (Wildman–Crippen MR) is 351 cm³/mol. The Kier molecular flexibility index (Phi) is 11.6. The van der Waals surface area contributed by atoms with E-state index in [1.807, 2.05) is 0 Å². The second-order valence-electron chi connectivity index (χ2n) is 21.6. The van der Waals surface area contributed by atoms with Gasteiger partial charge in [-0.15, -0.1) is 0 Å². The fourth-order valence-corrected chi connectivity index (χ4v) is 13.3. The van der Waals surface area contributed by atoms with E-state index in [0.717, 1.165) is 62.2 Å². The third kappa shape index (κ3) is 8.00. The van der Waals surface area contributed by atoms with Gasteiger partial charge < -0.3 is 19.3 Å². The maximum atomic E-state index is 2.59. The third-order valence-corrected chi connectivity index (χ3v) is 17.0. The molecule has 0 N–H and O–H groups in total. The molecule has 83 heavy (non-hydrogen) atoms. The molecule has 13 aromatic carbocycles. The number of benzene rings is 13. The van der Waals surface area contributed by atoms with Crippen LogP contribution in [0.4, 0.5) is 51.2 Å². The van der Waals surface area contributed by atoms with Crippen LogP contribution in [-0.2, 0) is 0 Å². The van der Waals surface area contributed by atoms with Gasteiger partial charge in [0.1, 0.15) is 0 Å². The normalized spacial score (nSPS) is 12.3. The molecule has 0 fully saturated rings. The molecule has 0 unspecified atom stereocenters. The largest absolute Gasteiger partial charge is 0.311 e. The first kappa shape index (κ1) is 48.1. The molecule has 2 aliphatic heterocycles. The monoisotopic (exact) mass is 1060 g/mol. The van der Waals surface area contributed by atoms with Crippen molar-refractivity contribution in [3.8, 4) is 50.2 Å². The van der Waals surface area contributed by atoms with Gasteiger partial charge in [-0.05, 0) is 135 Å². The zero-order valence-electron chi connectivity index (χ0n) is 45.5. The smallest absolute Gasteiger partial charge is 0.252 e. The van der Waals surface area contributed by atoms with Gasteiger partial charge in [0.05, 0.1) is 22.4 Å². The Morgan fingerprint density at radius 2 is 0.723 bits per heavy atom. The highest BCUT2D eigenvalue weighted by Gasteiger charge is 2.45. The first-order chi connectivity index (χ1) is 41.2. The van der Waals surface area contributed by atoms with Crippen LogP contribution in [0.5, 0.6) is 0 Å². The summed E-state index contributed by atoms with van der Waals surface area (Å²) in [6, 6.07) is 118. The summed E-state index contributed by atoms with van der Waals surface area (Å²) < 4.78 is 2.56. The topological polar surface area (TPSA) is 14.7 Å². The summed E-state index contributed by atoms with van der Waals surface area (Å²) in [6.07, 6.45) is 0. The van der Waals surface area contributed by atoms with E-state index in [1.165, 1.54) is 77.4 Å². The highest BCUT2D eigenvalue weighted by Crippen LogP contribution is 2.51. The van der Waals surface area contributed by atoms with E-state index in [4.69, 9.17) is 0 Å². The molecule has 0 bridgehead atoms. The Labute approximate surface area is 484 Å². The van der Waals surface area contributed by atoms with Crippen molar-refractivity contribution in [2.45, 2.75) is 0 Å². The van der Waals surface area contributed by atoms with Crippen LogP contribution in [-0.4, -0.2) is 11.3 Å². The first-order valence-electron chi connectivity index (χ1n) is 28.6. The Balaban J connectivity index is 0.993. The highest BCUT2D eigenvalue weighted by molar-refractivity contribution is 7.00. The van der Waals surface area contributed by atoms with Gasteiger partial charge in [0.15, 0.2) is 0 Å². The molecule has 5 heteroatoms. The molecule has 0 spiro atoms. The predicted octanol–water partition coefficient (Wildman–Crippen LogP) is 19.0. The van der Waals surface area contributed by atoms with Crippen LogP contribution in [0.2, 0.25) is 0 Å². The second kappa shape index (κ2) is 20.0. The van der Waals surface area contributed by atoms with Crippen LogP contribution in [0, 0.1) is 0 Å². The number of aromatic nitrogens is 1. The van der Waals surface area contributed by atoms with Crippen LogP contribution >= 0.6 is 0 Å². The lowest BCUT2D eigenvalue weighted by atomic mass is 9.33. The van der Waals surface area contributed by atoms with E-state index in [1.54, 1.807) is 0 Å². The van der Waals surface area contributed by atoms with Crippen LogP contribution in [0.25, 0.3) is 72.0 Å². The van der Waals surface area contributed by atoms with E-state index in [0.29, 0.717) is 0 Å². The molecule has 16 rings (SSSR count). The molecule has 3 heterocycles. The van der Waals surface area contributed by atoms with E-state index < -0.39 is 0 Å². The highest BCUT2D eigenvalue weighted by atomic mass is 15.2. The molecule has 388 valence electrons. The molecular formula is C78H53BN4. The SMILES string of the molecule is c1ccc(-c2ccc(N3c4cc(N(c5ccccc5)c5ccccc5)ccc4B4c5ccc6c(c5N(c5ccc(-c7ccccc7)cc5)c5cccc3c54)c3ccccc3n6-c3c(-c4ccccc4)cccc3-c3ccccc3)cc2)cc1. The molecule has 0 saturated heterocycles. The van der Waals surface area contributed by atoms with Gasteiger partial charge >= 0.3 is 0 Å². The molecule has 0 aliphatic carbocycles. The molecule has 0 radical (unpaired) electrons. The van der Waals surface area contributed by atoms with Gasteiger partial charge in [0.2, 0.25) is 0 Å². The average Bonchev–Trinajstić information content (AvgIpc) is 1.99. The number of nitrogens with zero attached hydrogens (tertiary/aromatic N) is 4. The quantitative estimate of drug-likeness (QED) is 0.127. The van der Waals surface area contributed by atoms with Crippen molar-refractivity contribution in [2.24, 2.45) is 0 Å². The Morgan fingerprint density at radius 3 is 1.28 bits per heavy atom. The lowest BCUT2D eigenvalue weighted by molar-refractivity contribution is 1.18. The molecule has 0 atom stereocenters. The Morgan fingerprint density at radius 1 is 0.277 bits per heavy atom. The summed E-state index contributed by atoms with van der Waals surface area (Å²) in [6.45, 7) is -0.134. The minimum atomic E-state index is -0.134. The van der Waals surface area contributed by atoms with Crippen molar-refractivity contribution in [1.82, 2.24) is 4.57 Å². The number of anilines is 9. The molecule has 2 aliphatic rings. The molecule has 14 aromatic rings. The van der Waals surface area contributed by atoms with Crippen molar-refractivity contribution in [3.63, 3.8) is 0 Å². The van der Waals surface area contributed by atoms with E-state index in [-0.39, 0.29) is 6.71 Å². The summed E-state index contributed by atoms with van der Waals surface area (Å²) >= 11 is 0. The molecule has 0 amide bonds. The van der Waals surface area contributed by atoms with Crippen LogP contribution in [0.3, 0.4) is 0 Å². The van der Waals surface area contributed by atoms with E-state index in [9.17, 15) is 0 Å². The fraction of sp³-hybridized carbons (Fsp3) is 0. The molecule has 4 nitrogen and oxygen atoms in total. The van der Waals surface area contributed by atoms with Crippen molar-refractivity contribution < 1.29 is 0 Å². The average molecular weight is 1060 g/mol. The van der Waals surface area contributed by atoms with Crippen molar-refractivity contribution in [1.29, 1.82) is 0 Å². The minimum absolute atomic E-state index is 0.134. The number of rotatable bonds is 10. The number of hydrogen-bond acceptors (Lipinski definition) is 3. The van der Waals surface area contributed by atoms with E-state index in [2.05, 4.69) is 341 Å². The second-order valence-corrected chi connectivity index (χ2v) is 21.6. The Bertz CT molecular complexity index is 4610. The minimum Gasteiger partial charge on any atom is -0.311 e. The molecule has 1 aromatic heterocycles. The van der Waals surface area contributed by atoms with Crippen molar-refractivity contribution in [3.05, 3.63) is 322 Å². The summed E-state index contributed by atoms with van der Waals surface area (Å²) in [7, 11) is 0. The summed E-state index contributed by atoms with van der Waals surface area (Å²) in [5, 5.41) is 2.40. The van der Waals surface area contributed by atoms with Gasteiger partial charge in [-0.2, -0.15) is 0 Å². The van der Waals surface area contributed by atoms with Crippen LogP contribution in [0.15, 0.2) is 322 Å². The van der Waals surface area contributed by atoms with Gasteiger partial charge in [-0.3, -0.25) is 0 Å². The lowest BCUT2D eigenvalue weighted by Crippen LogP contribution is -2.61. The lowest BCUT2D eigenvalue weighted by Gasteiger charge is -2.44. The van der Waals surface area contributed by atoms with Crippen LogP contribution < -0.4 is 31.1 Å². The van der Waals surface area contributed by atoms with Gasteiger partial charge in [-0.1, -0.05) is 237 Å². The maximum Gasteiger partial charge on any atom is 0.252 e. The summed E-state index contributed by atoms with van der Waals surface area (Å²) in [5.74, 6) is 0. The maximum absolute atomic E-state index is 2.59. The number of para-hydroxylation sites is 4. The first-order valence-corrected chi connectivity index (χ1v) is 28.6. The van der Waals surface area contributed by atoms with Gasteiger partial charge in [0, 0.05) is 67.4 Å². The van der Waals surface area contributed by atoms with Crippen LogP contribution in [0.1, 0.15) is 0 Å². The van der Waals surface area contributed by atoms with Gasteiger partial charge in [-0.25, -0.2) is 0 Å². The summed E-state index contributed by atoms with van der Waals surface area (Å²) in [5.41, 5.74) is 26.7. The zero-order chi connectivity index (χ0) is 54.8. The number of hydrogen-bond donors (Lipinski definition) is 0. The van der Waals surface area contributed by atoms with Gasteiger partial charge in [0.25, 0.3) is 6.71 Å². The molecular weight excluding hydrogens is 1000 g/mol. The van der Waals surface area contributed by atoms with E-state index >= 15 is 0 Å². The van der Waals surface area contributed by atoms with Crippen molar-refractivity contribution in [2.75, 3.05) is 14.7 Å². The fourth-order valence-electron chi connectivity index (χ4n) is 13.3. The Hall–Kier alpha value is -10.9. The molecule has 0 saturated carbocycles.